The van der Waals surface area contributed by atoms with Crippen molar-refractivity contribution in [3.05, 3.63) is 17.0 Å². The lowest BCUT2D eigenvalue weighted by atomic mass is 10.0. The molecule has 1 saturated carbocycles. The molecule has 0 bridgehead atoms. The van der Waals surface area contributed by atoms with Gasteiger partial charge in [0.25, 0.3) is 0 Å². The number of carbonyl (C=O) groups excluding carboxylic acids is 1. The SMILES string of the molecule is CCNC(=NCCNC(=O)CC1CCCC1)NC(C)Cc1c(C)nn(C)c1C. The van der Waals surface area contributed by atoms with Gasteiger partial charge in [0.1, 0.15) is 0 Å². The number of amides is 1. The zero-order valence-corrected chi connectivity index (χ0v) is 18.3. The Kier molecular flexibility index (Phi) is 8.80. The Morgan fingerprint density at radius 3 is 2.61 bits per heavy atom. The summed E-state index contributed by atoms with van der Waals surface area (Å²) in [7, 11) is 1.98. The normalized spacial score (nSPS) is 16.2. The maximum absolute atomic E-state index is 12.0. The molecule has 1 aromatic heterocycles. The van der Waals surface area contributed by atoms with E-state index >= 15 is 0 Å². The summed E-state index contributed by atoms with van der Waals surface area (Å²) in [4.78, 5) is 16.6. The van der Waals surface area contributed by atoms with Gasteiger partial charge < -0.3 is 16.0 Å². The van der Waals surface area contributed by atoms with E-state index in [1.165, 1.54) is 36.9 Å². The lowest BCUT2D eigenvalue weighted by Crippen LogP contribution is -2.43. The van der Waals surface area contributed by atoms with E-state index in [2.05, 4.69) is 53.7 Å². The van der Waals surface area contributed by atoms with E-state index < -0.39 is 0 Å². The van der Waals surface area contributed by atoms with E-state index in [9.17, 15) is 4.79 Å². The van der Waals surface area contributed by atoms with Gasteiger partial charge in [0, 0.05) is 38.3 Å². The van der Waals surface area contributed by atoms with Gasteiger partial charge >= 0.3 is 0 Å². The molecule has 1 heterocycles. The summed E-state index contributed by atoms with van der Waals surface area (Å²) in [6.07, 6.45) is 6.52. The van der Waals surface area contributed by atoms with Crippen molar-refractivity contribution in [2.45, 2.75) is 72.3 Å². The third kappa shape index (κ3) is 6.84. The fourth-order valence-corrected chi connectivity index (χ4v) is 3.94. The van der Waals surface area contributed by atoms with Crippen molar-refractivity contribution in [3.63, 3.8) is 0 Å². The van der Waals surface area contributed by atoms with Crippen molar-refractivity contribution >= 4 is 11.9 Å². The van der Waals surface area contributed by atoms with Crippen LogP contribution >= 0.6 is 0 Å². The summed E-state index contributed by atoms with van der Waals surface area (Å²) >= 11 is 0. The van der Waals surface area contributed by atoms with Gasteiger partial charge in [-0.1, -0.05) is 12.8 Å². The second kappa shape index (κ2) is 11.1. The van der Waals surface area contributed by atoms with Crippen LogP contribution in [-0.2, 0) is 18.3 Å². The summed E-state index contributed by atoms with van der Waals surface area (Å²) in [6.45, 7) is 10.3. The van der Waals surface area contributed by atoms with Gasteiger partial charge in [-0.3, -0.25) is 14.5 Å². The molecule has 7 heteroatoms. The average Bonchev–Trinajstić information content (AvgIpc) is 3.22. The number of aliphatic imine (C=N–C) groups is 1. The molecule has 158 valence electrons. The zero-order chi connectivity index (χ0) is 20.5. The van der Waals surface area contributed by atoms with E-state index in [1.807, 2.05) is 11.7 Å². The summed E-state index contributed by atoms with van der Waals surface area (Å²) in [5, 5.41) is 14.3. The van der Waals surface area contributed by atoms with Crippen molar-refractivity contribution in [2.24, 2.45) is 18.0 Å². The molecule has 1 aliphatic rings. The molecule has 1 amide bonds. The highest BCUT2D eigenvalue weighted by Gasteiger charge is 2.18. The molecular formula is C21H38N6O. The van der Waals surface area contributed by atoms with Gasteiger partial charge in [-0.15, -0.1) is 0 Å². The molecule has 1 aliphatic carbocycles. The topological polar surface area (TPSA) is 83.3 Å². The van der Waals surface area contributed by atoms with Crippen LogP contribution in [0.3, 0.4) is 0 Å². The molecule has 1 atom stereocenters. The van der Waals surface area contributed by atoms with E-state index in [0.717, 1.165) is 24.6 Å². The molecule has 2 rings (SSSR count). The van der Waals surface area contributed by atoms with E-state index in [1.54, 1.807) is 0 Å². The predicted octanol–water partition coefficient (Wildman–Crippen LogP) is 2.22. The Labute approximate surface area is 169 Å². The van der Waals surface area contributed by atoms with E-state index in [0.29, 0.717) is 25.4 Å². The Hall–Kier alpha value is -2.05. The summed E-state index contributed by atoms with van der Waals surface area (Å²) < 4.78 is 1.94. The quantitative estimate of drug-likeness (QED) is 0.343. The molecule has 0 aliphatic heterocycles. The number of hydrogen-bond donors (Lipinski definition) is 3. The van der Waals surface area contributed by atoms with Crippen molar-refractivity contribution in [1.82, 2.24) is 25.7 Å². The number of carbonyl (C=O) groups is 1. The van der Waals surface area contributed by atoms with Gasteiger partial charge in [0.2, 0.25) is 5.91 Å². The number of aryl methyl sites for hydroxylation is 2. The Morgan fingerprint density at radius 1 is 1.29 bits per heavy atom. The molecule has 0 radical (unpaired) electrons. The summed E-state index contributed by atoms with van der Waals surface area (Å²) in [5.41, 5.74) is 3.58. The van der Waals surface area contributed by atoms with Crippen molar-refractivity contribution in [2.75, 3.05) is 19.6 Å². The predicted molar refractivity (Wildman–Crippen MR) is 115 cm³/mol. The second-order valence-corrected chi connectivity index (χ2v) is 7.99. The monoisotopic (exact) mass is 390 g/mol. The highest BCUT2D eigenvalue weighted by molar-refractivity contribution is 5.80. The third-order valence-corrected chi connectivity index (χ3v) is 5.55. The van der Waals surface area contributed by atoms with Crippen LogP contribution in [0.25, 0.3) is 0 Å². The number of rotatable bonds is 9. The minimum absolute atomic E-state index is 0.163. The van der Waals surface area contributed by atoms with E-state index in [4.69, 9.17) is 0 Å². The number of guanidine groups is 1. The summed E-state index contributed by atoms with van der Waals surface area (Å²) in [6, 6.07) is 0.233. The molecule has 28 heavy (non-hydrogen) atoms. The maximum Gasteiger partial charge on any atom is 0.220 e. The first-order chi connectivity index (χ1) is 13.4. The lowest BCUT2D eigenvalue weighted by Gasteiger charge is -2.18. The molecule has 0 aromatic carbocycles. The average molecular weight is 391 g/mol. The van der Waals surface area contributed by atoms with Crippen molar-refractivity contribution in [1.29, 1.82) is 0 Å². The van der Waals surface area contributed by atoms with Crippen molar-refractivity contribution < 1.29 is 4.79 Å². The highest BCUT2D eigenvalue weighted by Crippen LogP contribution is 2.27. The molecule has 1 fully saturated rings. The molecule has 7 nitrogen and oxygen atoms in total. The lowest BCUT2D eigenvalue weighted by molar-refractivity contribution is -0.121. The second-order valence-electron chi connectivity index (χ2n) is 7.99. The molecular weight excluding hydrogens is 352 g/mol. The number of hydrogen-bond acceptors (Lipinski definition) is 3. The minimum Gasteiger partial charge on any atom is -0.357 e. The zero-order valence-electron chi connectivity index (χ0n) is 18.3. The van der Waals surface area contributed by atoms with Crippen molar-refractivity contribution in [3.8, 4) is 0 Å². The number of aromatic nitrogens is 2. The Balaban J connectivity index is 1.78. The van der Waals surface area contributed by atoms with E-state index in [-0.39, 0.29) is 11.9 Å². The molecule has 0 spiro atoms. The van der Waals surface area contributed by atoms with Gasteiger partial charge in [-0.2, -0.15) is 5.10 Å². The largest absolute Gasteiger partial charge is 0.357 e. The van der Waals surface area contributed by atoms with Crippen LogP contribution in [-0.4, -0.2) is 47.3 Å². The fourth-order valence-electron chi connectivity index (χ4n) is 3.94. The van der Waals surface area contributed by atoms with Crippen LogP contribution < -0.4 is 16.0 Å². The number of nitrogens with one attached hydrogen (secondary N) is 3. The van der Waals surface area contributed by atoms with Crippen LogP contribution in [0.2, 0.25) is 0 Å². The fraction of sp³-hybridized carbons (Fsp3) is 0.762. The van der Waals surface area contributed by atoms with Crippen LogP contribution in [0.15, 0.2) is 4.99 Å². The smallest absolute Gasteiger partial charge is 0.220 e. The third-order valence-electron chi connectivity index (χ3n) is 5.55. The first-order valence-electron chi connectivity index (χ1n) is 10.7. The molecule has 0 saturated heterocycles. The highest BCUT2D eigenvalue weighted by atomic mass is 16.1. The van der Waals surface area contributed by atoms with Crippen LogP contribution in [0, 0.1) is 19.8 Å². The molecule has 1 unspecified atom stereocenters. The first-order valence-corrected chi connectivity index (χ1v) is 10.7. The number of nitrogens with zero attached hydrogens (tertiary/aromatic N) is 3. The Morgan fingerprint density at radius 2 is 2.00 bits per heavy atom. The van der Waals surface area contributed by atoms with Crippen LogP contribution in [0.4, 0.5) is 0 Å². The van der Waals surface area contributed by atoms with Gasteiger partial charge in [-0.05, 0) is 58.4 Å². The first kappa shape index (κ1) is 22.2. The van der Waals surface area contributed by atoms with Gasteiger partial charge in [-0.25, -0.2) is 0 Å². The maximum atomic E-state index is 12.0. The minimum atomic E-state index is 0.163. The standard InChI is InChI=1S/C21H38N6O/c1-6-22-21(24-12-11-23-20(28)14-18-9-7-8-10-18)25-15(2)13-19-16(3)26-27(5)17(19)4/h15,18H,6-14H2,1-5H3,(H,23,28)(H2,22,24,25). The summed E-state index contributed by atoms with van der Waals surface area (Å²) in [5.74, 6) is 1.54. The van der Waals surface area contributed by atoms with Crippen LogP contribution in [0.5, 0.6) is 0 Å². The molecule has 1 aromatic rings. The van der Waals surface area contributed by atoms with Gasteiger partial charge in [0.15, 0.2) is 5.96 Å². The van der Waals surface area contributed by atoms with Crippen LogP contribution in [0.1, 0.15) is 62.9 Å². The van der Waals surface area contributed by atoms with Gasteiger partial charge in [0.05, 0.1) is 12.2 Å². The molecule has 3 N–H and O–H groups in total. The Bertz CT molecular complexity index is 660.